The van der Waals surface area contributed by atoms with E-state index in [0.29, 0.717) is 13.1 Å². The minimum Gasteiger partial charge on any atom is -0.395 e. The largest absolute Gasteiger partial charge is 0.395 e. The van der Waals surface area contributed by atoms with E-state index in [1.807, 2.05) is 0 Å². The minimum atomic E-state index is 0.193. The van der Waals surface area contributed by atoms with Gasteiger partial charge in [-0.05, 0) is 38.8 Å². The molecule has 0 amide bonds. The highest BCUT2D eigenvalue weighted by molar-refractivity contribution is 4.47. The van der Waals surface area contributed by atoms with Crippen molar-refractivity contribution in [3.05, 3.63) is 0 Å². The van der Waals surface area contributed by atoms with Gasteiger partial charge >= 0.3 is 0 Å². The molecule has 0 bridgehead atoms. The molecule has 6 heteroatoms. The molecule has 0 spiro atoms. The van der Waals surface area contributed by atoms with Crippen LogP contribution in [-0.2, 0) is 9.47 Å². The van der Waals surface area contributed by atoms with E-state index in [4.69, 9.17) is 19.7 Å². The van der Waals surface area contributed by atoms with Gasteiger partial charge in [-0.1, -0.05) is 0 Å². The molecule has 0 aromatic carbocycles. The van der Waals surface area contributed by atoms with Gasteiger partial charge in [-0.15, -0.1) is 0 Å². The molecule has 4 N–H and O–H groups in total. The van der Waals surface area contributed by atoms with Gasteiger partial charge in [0.15, 0.2) is 0 Å². The first-order valence-electron chi connectivity index (χ1n) is 7.70. The van der Waals surface area contributed by atoms with Crippen LogP contribution in [0.1, 0.15) is 25.7 Å². The molecule has 0 aliphatic rings. The lowest BCUT2D eigenvalue weighted by Gasteiger charge is -2.06. The number of nitrogens with one attached hydrogen (secondary N) is 2. The van der Waals surface area contributed by atoms with Crippen molar-refractivity contribution in [1.82, 2.24) is 10.6 Å². The van der Waals surface area contributed by atoms with Crippen molar-refractivity contribution in [3.8, 4) is 0 Å². The summed E-state index contributed by atoms with van der Waals surface area (Å²) < 4.78 is 11.0. The van der Waals surface area contributed by atoms with Crippen LogP contribution in [-0.4, -0.2) is 76.0 Å². The Labute approximate surface area is 122 Å². The Morgan fingerprint density at radius 3 is 1.35 bits per heavy atom. The van der Waals surface area contributed by atoms with Crippen molar-refractivity contribution in [2.45, 2.75) is 25.7 Å². The van der Waals surface area contributed by atoms with Gasteiger partial charge in [0.2, 0.25) is 0 Å². The molecule has 122 valence electrons. The van der Waals surface area contributed by atoms with E-state index in [1.54, 1.807) is 0 Å². The topological polar surface area (TPSA) is 83.0 Å². The van der Waals surface area contributed by atoms with Crippen LogP contribution in [0.15, 0.2) is 0 Å². The van der Waals surface area contributed by atoms with Crippen molar-refractivity contribution in [3.63, 3.8) is 0 Å². The highest BCUT2D eigenvalue weighted by Gasteiger charge is 1.93. The Balaban J connectivity index is 2.89. The molecule has 0 aromatic rings. The van der Waals surface area contributed by atoms with E-state index in [0.717, 1.165) is 65.2 Å². The summed E-state index contributed by atoms with van der Waals surface area (Å²) in [6.07, 6.45) is 4.04. The zero-order chi connectivity index (χ0) is 14.7. The van der Waals surface area contributed by atoms with Crippen LogP contribution in [0.2, 0.25) is 0 Å². The standard InChI is InChI=1S/C14H32N2O4/c17-9-7-15-5-3-13-19-11-1-2-12-20-14-4-6-16-8-10-18/h15-18H,1-14H2. The van der Waals surface area contributed by atoms with Crippen molar-refractivity contribution < 1.29 is 19.7 Å². The molecular formula is C14H32N2O4. The maximum atomic E-state index is 8.56. The number of hydrogen-bond acceptors (Lipinski definition) is 6. The molecule has 0 saturated carbocycles. The maximum Gasteiger partial charge on any atom is 0.0555 e. The zero-order valence-electron chi connectivity index (χ0n) is 12.6. The van der Waals surface area contributed by atoms with Crippen LogP contribution in [0.4, 0.5) is 0 Å². The summed E-state index contributed by atoms with van der Waals surface area (Å²) in [4.78, 5) is 0. The van der Waals surface area contributed by atoms with Crippen LogP contribution >= 0.6 is 0 Å². The number of aliphatic hydroxyl groups excluding tert-OH is 2. The van der Waals surface area contributed by atoms with Crippen LogP contribution in [0.3, 0.4) is 0 Å². The van der Waals surface area contributed by atoms with Crippen molar-refractivity contribution >= 4 is 0 Å². The Morgan fingerprint density at radius 2 is 0.950 bits per heavy atom. The molecule has 6 nitrogen and oxygen atoms in total. The molecule has 0 fully saturated rings. The van der Waals surface area contributed by atoms with Gasteiger partial charge in [0.1, 0.15) is 0 Å². The second-order valence-corrected chi connectivity index (χ2v) is 4.59. The van der Waals surface area contributed by atoms with Gasteiger partial charge in [0, 0.05) is 39.5 Å². The SMILES string of the molecule is OCCNCCCOCCCCOCCCNCCO. The predicted octanol–water partition coefficient (Wildman–Crippen LogP) is -0.256. The Morgan fingerprint density at radius 1 is 0.550 bits per heavy atom. The van der Waals surface area contributed by atoms with Gasteiger partial charge in [0.25, 0.3) is 0 Å². The molecule has 0 atom stereocenters. The Hall–Kier alpha value is -0.240. The third-order valence-corrected chi connectivity index (χ3v) is 2.69. The quantitative estimate of drug-likeness (QED) is 0.277. The normalized spacial score (nSPS) is 11.1. The Bertz CT molecular complexity index is 155. The molecule has 0 heterocycles. The molecule has 0 radical (unpaired) electrons. The number of rotatable bonds is 17. The van der Waals surface area contributed by atoms with E-state index in [-0.39, 0.29) is 13.2 Å². The molecule has 0 unspecified atom stereocenters. The average molecular weight is 292 g/mol. The van der Waals surface area contributed by atoms with Gasteiger partial charge in [-0.3, -0.25) is 0 Å². The lowest BCUT2D eigenvalue weighted by atomic mass is 10.3. The first kappa shape index (κ1) is 19.8. The fraction of sp³-hybridized carbons (Fsp3) is 1.00. The first-order valence-corrected chi connectivity index (χ1v) is 7.70. The molecular weight excluding hydrogens is 260 g/mol. The van der Waals surface area contributed by atoms with Crippen molar-refractivity contribution in [1.29, 1.82) is 0 Å². The minimum absolute atomic E-state index is 0.193. The summed E-state index contributed by atoms with van der Waals surface area (Å²) in [7, 11) is 0. The molecule has 0 saturated heterocycles. The molecule has 0 rings (SSSR count). The summed E-state index contributed by atoms with van der Waals surface area (Å²) in [5, 5.41) is 23.3. The molecule has 0 aromatic heterocycles. The molecule has 20 heavy (non-hydrogen) atoms. The van der Waals surface area contributed by atoms with Crippen LogP contribution in [0.5, 0.6) is 0 Å². The average Bonchev–Trinajstić information content (AvgIpc) is 2.47. The fourth-order valence-electron chi connectivity index (χ4n) is 1.62. The van der Waals surface area contributed by atoms with Gasteiger partial charge < -0.3 is 30.3 Å². The number of hydrogen-bond donors (Lipinski definition) is 4. The fourth-order valence-corrected chi connectivity index (χ4v) is 1.62. The maximum absolute atomic E-state index is 8.56. The highest BCUT2D eigenvalue weighted by Crippen LogP contribution is 1.93. The van der Waals surface area contributed by atoms with Crippen molar-refractivity contribution in [2.75, 3.05) is 65.8 Å². The van der Waals surface area contributed by atoms with E-state index in [9.17, 15) is 0 Å². The predicted molar refractivity (Wildman–Crippen MR) is 80.0 cm³/mol. The molecule has 0 aliphatic heterocycles. The summed E-state index contributed by atoms with van der Waals surface area (Å²) in [5.41, 5.74) is 0. The smallest absolute Gasteiger partial charge is 0.0555 e. The number of ether oxygens (including phenoxy) is 2. The second kappa shape index (κ2) is 18.8. The monoisotopic (exact) mass is 292 g/mol. The van der Waals surface area contributed by atoms with E-state index in [1.165, 1.54) is 0 Å². The number of unbranched alkanes of at least 4 members (excludes halogenated alkanes) is 1. The lowest BCUT2D eigenvalue weighted by Crippen LogP contribution is -2.20. The van der Waals surface area contributed by atoms with E-state index in [2.05, 4.69) is 10.6 Å². The third kappa shape index (κ3) is 17.8. The summed E-state index contributed by atoms with van der Waals surface area (Å²) in [6, 6.07) is 0. The zero-order valence-corrected chi connectivity index (χ0v) is 12.6. The summed E-state index contributed by atoms with van der Waals surface area (Å²) >= 11 is 0. The van der Waals surface area contributed by atoms with Crippen molar-refractivity contribution in [2.24, 2.45) is 0 Å². The van der Waals surface area contributed by atoms with Crippen LogP contribution < -0.4 is 10.6 Å². The summed E-state index contributed by atoms with van der Waals surface area (Å²) in [6.45, 7) is 6.63. The van der Waals surface area contributed by atoms with Gasteiger partial charge in [-0.2, -0.15) is 0 Å². The number of aliphatic hydroxyl groups is 2. The second-order valence-electron chi connectivity index (χ2n) is 4.59. The van der Waals surface area contributed by atoms with Gasteiger partial charge in [-0.25, -0.2) is 0 Å². The molecule has 0 aliphatic carbocycles. The first-order chi connectivity index (χ1) is 9.91. The summed E-state index contributed by atoms with van der Waals surface area (Å²) in [5.74, 6) is 0. The van der Waals surface area contributed by atoms with E-state index >= 15 is 0 Å². The highest BCUT2D eigenvalue weighted by atomic mass is 16.5. The Kier molecular flexibility index (Phi) is 18.5. The lowest BCUT2D eigenvalue weighted by molar-refractivity contribution is 0.100. The third-order valence-electron chi connectivity index (χ3n) is 2.69. The van der Waals surface area contributed by atoms with Crippen LogP contribution in [0.25, 0.3) is 0 Å². The van der Waals surface area contributed by atoms with E-state index < -0.39 is 0 Å². The van der Waals surface area contributed by atoms with Gasteiger partial charge in [0.05, 0.1) is 13.2 Å². The van der Waals surface area contributed by atoms with Crippen LogP contribution in [0, 0.1) is 0 Å².